The Morgan fingerprint density at radius 1 is 1.21 bits per heavy atom. The number of ether oxygens (including phenoxy) is 1. The molecule has 156 valence electrons. The molecule has 0 aliphatic carbocycles. The maximum atomic E-state index is 13.2. The Kier molecular flexibility index (Phi) is 6.54. The van der Waals surface area contributed by atoms with Crippen molar-refractivity contribution in [2.75, 3.05) is 19.9 Å². The van der Waals surface area contributed by atoms with Crippen molar-refractivity contribution in [3.05, 3.63) is 59.9 Å². The van der Waals surface area contributed by atoms with Gasteiger partial charge in [-0.25, -0.2) is 22.3 Å². The number of nitrogens with zero attached hydrogens (tertiary/aromatic N) is 1. The fourth-order valence-electron chi connectivity index (χ4n) is 3.83. The molecule has 1 amide bonds. The van der Waals surface area contributed by atoms with Gasteiger partial charge in [0.15, 0.2) is 0 Å². The molecule has 2 aromatic rings. The fourth-order valence-corrected chi connectivity index (χ4v) is 4.65. The predicted molar refractivity (Wildman–Crippen MR) is 109 cm³/mol. The minimum Gasteiger partial charge on any atom is -0.453 e. The van der Waals surface area contributed by atoms with Crippen LogP contribution in [-0.4, -0.2) is 51.4 Å². The third kappa shape index (κ3) is 5.55. The molecule has 0 saturated carbocycles. The van der Waals surface area contributed by atoms with E-state index in [-0.39, 0.29) is 11.9 Å². The molecule has 0 spiro atoms. The summed E-state index contributed by atoms with van der Waals surface area (Å²) in [5.74, 6) is -0.296. The smallest absolute Gasteiger partial charge is 0.409 e. The van der Waals surface area contributed by atoms with Crippen molar-refractivity contribution in [2.24, 2.45) is 0 Å². The summed E-state index contributed by atoms with van der Waals surface area (Å²) in [7, 11) is -2.10. The number of carbonyl (C=O) groups is 1. The highest BCUT2D eigenvalue weighted by Crippen LogP contribution is 2.26. The van der Waals surface area contributed by atoms with E-state index in [2.05, 4.69) is 4.72 Å². The molecule has 1 N–H and O–H groups in total. The van der Waals surface area contributed by atoms with Gasteiger partial charge in [0.1, 0.15) is 5.82 Å². The van der Waals surface area contributed by atoms with Gasteiger partial charge in [0.2, 0.25) is 10.0 Å². The molecule has 29 heavy (non-hydrogen) atoms. The van der Waals surface area contributed by atoms with Gasteiger partial charge in [0, 0.05) is 12.6 Å². The van der Waals surface area contributed by atoms with Crippen molar-refractivity contribution in [1.29, 1.82) is 0 Å². The Morgan fingerprint density at radius 3 is 2.59 bits per heavy atom. The lowest BCUT2D eigenvalue weighted by molar-refractivity contribution is 0.0792. The second kappa shape index (κ2) is 8.92. The minimum absolute atomic E-state index is 0.296. The molecule has 0 radical (unpaired) electrons. The second-order valence-electron chi connectivity index (χ2n) is 7.28. The number of carbonyl (C=O) groups excluding carboxylic acids is 1. The summed E-state index contributed by atoms with van der Waals surface area (Å²) in [6.45, 7) is 0.511. The van der Waals surface area contributed by atoms with Gasteiger partial charge in [-0.3, -0.25) is 0 Å². The van der Waals surface area contributed by atoms with Gasteiger partial charge in [-0.2, -0.15) is 0 Å². The standard InChI is InChI=1S/C21H25FN2O4S/c1-28-21(25)24-12-4-7-19(23-29(2,26)27)20(24)14-15-5-3-6-17(13-15)16-8-10-18(22)11-9-16/h3,5-6,8-11,13,19-20,23H,4,7,12,14H2,1-2H3/t19-,20-/m1/s1. The average molecular weight is 421 g/mol. The lowest BCUT2D eigenvalue weighted by atomic mass is 9.90. The third-order valence-electron chi connectivity index (χ3n) is 5.10. The van der Waals surface area contributed by atoms with E-state index in [1.54, 1.807) is 17.0 Å². The first-order valence-corrected chi connectivity index (χ1v) is 11.3. The highest BCUT2D eigenvalue weighted by atomic mass is 32.2. The van der Waals surface area contributed by atoms with Crippen LogP contribution in [0.15, 0.2) is 48.5 Å². The van der Waals surface area contributed by atoms with Crippen LogP contribution in [0.5, 0.6) is 0 Å². The first-order valence-electron chi connectivity index (χ1n) is 9.43. The number of nitrogens with one attached hydrogen (secondary N) is 1. The predicted octanol–water partition coefficient (Wildman–Crippen LogP) is 3.18. The summed E-state index contributed by atoms with van der Waals surface area (Å²) in [5.41, 5.74) is 2.76. The first kappa shape index (κ1) is 21.3. The number of benzene rings is 2. The van der Waals surface area contributed by atoms with Gasteiger partial charge in [0.05, 0.1) is 19.4 Å². The number of methoxy groups -OCH3 is 1. The van der Waals surface area contributed by atoms with Gasteiger partial charge < -0.3 is 9.64 Å². The van der Waals surface area contributed by atoms with Crippen molar-refractivity contribution in [2.45, 2.75) is 31.3 Å². The number of hydrogen-bond acceptors (Lipinski definition) is 4. The number of hydrogen-bond donors (Lipinski definition) is 1. The van der Waals surface area contributed by atoms with Crippen LogP contribution in [0, 0.1) is 5.82 Å². The van der Waals surface area contributed by atoms with E-state index in [1.165, 1.54) is 19.2 Å². The molecule has 0 unspecified atom stereocenters. The molecule has 1 fully saturated rings. The highest BCUT2D eigenvalue weighted by Gasteiger charge is 2.36. The Labute approximate surface area is 170 Å². The van der Waals surface area contributed by atoms with Gasteiger partial charge in [-0.15, -0.1) is 0 Å². The van der Waals surface area contributed by atoms with Crippen LogP contribution in [0.25, 0.3) is 11.1 Å². The Hall–Kier alpha value is -2.45. The molecule has 1 aliphatic rings. The van der Waals surface area contributed by atoms with Crippen LogP contribution in [0.1, 0.15) is 18.4 Å². The van der Waals surface area contributed by atoms with E-state index < -0.39 is 22.2 Å². The van der Waals surface area contributed by atoms with E-state index in [9.17, 15) is 17.6 Å². The number of rotatable bonds is 5. The van der Waals surface area contributed by atoms with E-state index in [0.29, 0.717) is 25.8 Å². The summed E-state index contributed by atoms with van der Waals surface area (Å²) < 4.78 is 44.5. The molecular weight excluding hydrogens is 395 g/mol. The van der Waals surface area contributed by atoms with Crippen LogP contribution in [0.4, 0.5) is 9.18 Å². The Bertz CT molecular complexity index is 963. The van der Waals surface area contributed by atoms with Crippen molar-refractivity contribution in [1.82, 2.24) is 9.62 Å². The van der Waals surface area contributed by atoms with Crippen LogP contribution in [0.3, 0.4) is 0 Å². The van der Waals surface area contributed by atoms with Crippen molar-refractivity contribution in [3.63, 3.8) is 0 Å². The molecule has 3 rings (SSSR count). The minimum atomic E-state index is -3.42. The summed E-state index contributed by atoms with van der Waals surface area (Å²) in [6.07, 6.45) is 2.45. The maximum Gasteiger partial charge on any atom is 0.409 e. The second-order valence-corrected chi connectivity index (χ2v) is 9.06. The fraction of sp³-hybridized carbons (Fsp3) is 0.381. The molecule has 6 nitrogen and oxygen atoms in total. The SMILES string of the molecule is COC(=O)N1CCC[C@@H](NS(C)(=O)=O)[C@H]1Cc1cccc(-c2ccc(F)cc2)c1. The highest BCUT2D eigenvalue weighted by molar-refractivity contribution is 7.88. The molecule has 2 atom stereocenters. The van der Waals surface area contributed by atoms with E-state index >= 15 is 0 Å². The average Bonchev–Trinajstić information content (AvgIpc) is 2.68. The number of likely N-dealkylation sites (tertiary alicyclic amines) is 1. The van der Waals surface area contributed by atoms with E-state index in [1.807, 2.05) is 24.3 Å². The monoisotopic (exact) mass is 420 g/mol. The number of halogens is 1. The van der Waals surface area contributed by atoms with Crippen LogP contribution < -0.4 is 4.72 Å². The zero-order valence-electron chi connectivity index (χ0n) is 16.5. The number of piperidine rings is 1. The lowest BCUT2D eigenvalue weighted by Crippen LogP contribution is -2.57. The molecule has 1 saturated heterocycles. The Balaban J connectivity index is 1.89. The normalized spacial score (nSPS) is 19.8. The molecule has 0 aromatic heterocycles. The molecule has 2 aromatic carbocycles. The first-order chi connectivity index (χ1) is 13.8. The largest absolute Gasteiger partial charge is 0.453 e. The van der Waals surface area contributed by atoms with E-state index in [0.717, 1.165) is 22.9 Å². The molecule has 1 aliphatic heterocycles. The molecule has 1 heterocycles. The van der Waals surface area contributed by atoms with Gasteiger partial charge in [-0.05, 0) is 48.1 Å². The summed E-state index contributed by atoms with van der Waals surface area (Å²) >= 11 is 0. The van der Waals surface area contributed by atoms with Crippen LogP contribution in [0.2, 0.25) is 0 Å². The topological polar surface area (TPSA) is 75.7 Å². The number of sulfonamides is 1. The van der Waals surface area contributed by atoms with Crippen molar-refractivity contribution < 1.29 is 22.3 Å². The molecule has 0 bridgehead atoms. The quantitative estimate of drug-likeness (QED) is 0.806. The lowest BCUT2D eigenvalue weighted by Gasteiger charge is -2.40. The van der Waals surface area contributed by atoms with Crippen LogP contribution >= 0.6 is 0 Å². The number of amides is 1. The van der Waals surface area contributed by atoms with E-state index in [4.69, 9.17) is 4.74 Å². The molecule has 8 heteroatoms. The van der Waals surface area contributed by atoms with Crippen molar-refractivity contribution in [3.8, 4) is 11.1 Å². The van der Waals surface area contributed by atoms with Gasteiger partial charge in [0.25, 0.3) is 0 Å². The summed E-state index contributed by atoms with van der Waals surface area (Å²) in [6, 6.07) is 13.2. The van der Waals surface area contributed by atoms with Gasteiger partial charge in [-0.1, -0.05) is 36.4 Å². The van der Waals surface area contributed by atoms with Crippen LogP contribution in [-0.2, 0) is 21.2 Å². The Morgan fingerprint density at radius 2 is 1.93 bits per heavy atom. The zero-order valence-corrected chi connectivity index (χ0v) is 17.3. The third-order valence-corrected chi connectivity index (χ3v) is 5.83. The molecular formula is C21H25FN2O4S. The summed E-state index contributed by atoms with van der Waals surface area (Å²) in [4.78, 5) is 13.9. The maximum absolute atomic E-state index is 13.2. The van der Waals surface area contributed by atoms with Gasteiger partial charge >= 0.3 is 6.09 Å². The summed E-state index contributed by atoms with van der Waals surface area (Å²) in [5, 5.41) is 0. The van der Waals surface area contributed by atoms with Crippen molar-refractivity contribution >= 4 is 16.1 Å². The zero-order chi connectivity index (χ0) is 21.0.